The molecule has 0 aromatic carbocycles. The highest BCUT2D eigenvalue weighted by molar-refractivity contribution is 5.35. The van der Waals surface area contributed by atoms with Gasteiger partial charge in [-0.3, -0.25) is 0 Å². The summed E-state index contributed by atoms with van der Waals surface area (Å²) in [5, 5.41) is 3.14. The molecule has 0 saturated carbocycles. The Hall–Kier alpha value is -1.12. The van der Waals surface area contributed by atoms with Crippen LogP contribution >= 0.6 is 0 Å². The van der Waals surface area contributed by atoms with Crippen LogP contribution in [0, 0.1) is 13.8 Å². The summed E-state index contributed by atoms with van der Waals surface area (Å²) in [6.45, 7) is 6.81. The van der Waals surface area contributed by atoms with Crippen molar-refractivity contribution in [2.75, 3.05) is 11.9 Å². The van der Waals surface area contributed by atoms with Gasteiger partial charge in [-0.1, -0.05) is 0 Å². The Balaban J connectivity index is 2.89. The minimum absolute atomic E-state index is 0.820. The zero-order chi connectivity index (χ0) is 8.27. The molecule has 1 aromatic rings. The average Bonchev–Trinajstić information content (AvgIpc) is 1.85. The third-order valence-electron chi connectivity index (χ3n) is 1.32. The van der Waals surface area contributed by atoms with Gasteiger partial charge in [0.05, 0.1) is 0 Å². The quantitative estimate of drug-likeness (QED) is 0.696. The van der Waals surface area contributed by atoms with Crippen molar-refractivity contribution >= 4 is 5.82 Å². The monoisotopic (exact) mass is 151 g/mol. The van der Waals surface area contributed by atoms with E-state index in [9.17, 15) is 0 Å². The maximum atomic E-state index is 4.20. The van der Waals surface area contributed by atoms with E-state index in [0.717, 1.165) is 23.9 Å². The summed E-state index contributed by atoms with van der Waals surface area (Å²) in [6, 6.07) is 1.94. The zero-order valence-electron chi connectivity index (χ0n) is 7.18. The number of nitrogens with zero attached hydrogens (tertiary/aromatic N) is 2. The summed E-state index contributed by atoms with van der Waals surface area (Å²) in [4.78, 5) is 8.37. The molecule has 1 heterocycles. The van der Waals surface area contributed by atoms with Gasteiger partial charge in [-0.05, 0) is 20.8 Å². The first-order valence-corrected chi connectivity index (χ1v) is 3.78. The highest BCUT2D eigenvalue weighted by Gasteiger charge is 1.94. The fraction of sp³-hybridized carbons (Fsp3) is 0.500. The number of rotatable bonds is 2. The first kappa shape index (κ1) is 7.98. The minimum Gasteiger partial charge on any atom is -0.370 e. The lowest BCUT2D eigenvalue weighted by molar-refractivity contribution is 1.000. The fourth-order valence-electron chi connectivity index (χ4n) is 0.989. The number of aryl methyl sites for hydroxylation is 2. The molecule has 0 aliphatic carbocycles. The fourth-order valence-corrected chi connectivity index (χ4v) is 0.989. The standard InChI is InChI=1S/C8H13N3/c1-4-9-8-5-6(2)10-7(3)11-8/h5H,4H2,1-3H3,(H,9,10,11). The molecule has 0 aliphatic rings. The van der Waals surface area contributed by atoms with Crippen LogP contribution in [0.1, 0.15) is 18.4 Å². The molecule has 1 rings (SSSR count). The van der Waals surface area contributed by atoms with Gasteiger partial charge in [-0.2, -0.15) is 0 Å². The van der Waals surface area contributed by atoms with E-state index in [1.165, 1.54) is 0 Å². The van der Waals surface area contributed by atoms with Crippen LogP contribution in [0.15, 0.2) is 6.07 Å². The zero-order valence-corrected chi connectivity index (χ0v) is 7.18. The number of hydrogen-bond donors (Lipinski definition) is 1. The lowest BCUT2D eigenvalue weighted by Gasteiger charge is -2.03. The van der Waals surface area contributed by atoms with Gasteiger partial charge >= 0.3 is 0 Å². The SMILES string of the molecule is CCNc1cc(C)nc(C)n1. The molecule has 0 fully saturated rings. The van der Waals surface area contributed by atoms with Gasteiger partial charge in [-0.15, -0.1) is 0 Å². The van der Waals surface area contributed by atoms with Gasteiger partial charge in [-0.25, -0.2) is 9.97 Å². The van der Waals surface area contributed by atoms with Crippen molar-refractivity contribution in [1.82, 2.24) is 9.97 Å². The van der Waals surface area contributed by atoms with Crippen LogP contribution in [-0.2, 0) is 0 Å². The third kappa shape index (κ3) is 2.18. The molecule has 0 saturated heterocycles. The summed E-state index contributed by atoms with van der Waals surface area (Å²) in [5.74, 6) is 1.73. The van der Waals surface area contributed by atoms with Crippen LogP contribution in [0.3, 0.4) is 0 Å². The van der Waals surface area contributed by atoms with E-state index in [1.54, 1.807) is 0 Å². The summed E-state index contributed by atoms with van der Waals surface area (Å²) in [5.41, 5.74) is 1.01. The van der Waals surface area contributed by atoms with Crippen LogP contribution in [0.2, 0.25) is 0 Å². The number of hydrogen-bond acceptors (Lipinski definition) is 3. The van der Waals surface area contributed by atoms with Crippen molar-refractivity contribution in [3.05, 3.63) is 17.6 Å². The predicted molar refractivity (Wildman–Crippen MR) is 45.7 cm³/mol. The molecule has 0 spiro atoms. The molecule has 60 valence electrons. The molecule has 1 N–H and O–H groups in total. The molecule has 3 nitrogen and oxygen atoms in total. The van der Waals surface area contributed by atoms with Crippen molar-refractivity contribution < 1.29 is 0 Å². The molecule has 11 heavy (non-hydrogen) atoms. The second kappa shape index (κ2) is 3.32. The Bertz CT molecular complexity index is 225. The Morgan fingerprint density at radius 3 is 2.64 bits per heavy atom. The molecule has 1 aromatic heterocycles. The van der Waals surface area contributed by atoms with Gasteiger partial charge in [0.1, 0.15) is 11.6 Å². The van der Waals surface area contributed by atoms with Crippen LogP contribution in [-0.4, -0.2) is 16.5 Å². The van der Waals surface area contributed by atoms with E-state index in [1.807, 2.05) is 26.8 Å². The highest BCUT2D eigenvalue weighted by Crippen LogP contribution is 2.04. The number of nitrogens with one attached hydrogen (secondary N) is 1. The first-order valence-electron chi connectivity index (χ1n) is 3.78. The Labute approximate surface area is 66.9 Å². The highest BCUT2D eigenvalue weighted by atomic mass is 15.0. The van der Waals surface area contributed by atoms with Gasteiger partial charge < -0.3 is 5.32 Å². The Morgan fingerprint density at radius 1 is 1.36 bits per heavy atom. The average molecular weight is 151 g/mol. The Kier molecular flexibility index (Phi) is 2.41. The second-order valence-electron chi connectivity index (χ2n) is 2.47. The lowest BCUT2D eigenvalue weighted by atomic mass is 10.4. The summed E-state index contributed by atoms with van der Waals surface area (Å²) < 4.78 is 0. The van der Waals surface area contributed by atoms with Gasteiger partial charge in [0.25, 0.3) is 0 Å². The van der Waals surface area contributed by atoms with Crippen molar-refractivity contribution in [2.45, 2.75) is 20.8 Å². The molecule has 3 heteroatoms. The second-order valence-corrected chi connectivity index (χ2v) is 2.47. The lowest BCUT2D eigenvalue weighted by Crippen LogP contribution is -2.02. The van der Waals surface area contributed by atoms with Crippen LogP contribution in [0.25, 0.3) is 0 Å². The molecule has 0 unspecified atom stereocenters. The first-order chi connectivity index (χ1) is 5.22. The van der Waals surface area contributed by atoms with Gasteiger partial charge in [0.15, 0.2) is 0 Å². The van der Waals surface area contributed by atoms with Crippen LogP contribution < -0.4 is 5.32 Å². The van der Waals surface area contributed by atoms with E-state index < -0.39 is 0 Å². The third-order valence-corrected chi connectivity index (χ3v) is 1.32. The molecule has 0 bridgehead atoms. The van der Waals surface area contributed by atoms with Crippen LogP contribution in [0.4, 0.5) is 5.82 Å². The van der Waals surface area contributed by atoms with Crippen molar-refractivity contribution in [3.63, 3.8) is 0 Å². The van der Waals surface area contributed by atoms with Crippen LogP contribution in [0.5, 0.6) is 0 Å². The topological polar surface area (TPSA) is 37.8 Å². The van der Waals surface area contributed by atoms with E-state index in [4.69, 9.17) is 0 Å². The molecule has 0 radical (unpaired) electrons. The summed E-state index contributed by atoms with van der Waals surface area (Å²) >= 11 is 0. The van der Waals surface area contributed by atoms with E-state index in [0.29, 0.717) is 0 Å². The van der Waals surface area contributed by atoms with E-state index >= 15 is 0 Å². The van der Waals surface area contributed by atoms with E-state index in [2.05, 4.69) is 15.3 Å². The normalized spacial score (nSPS) is 9.73. The molecule has 0 atom stereocenters. The molecule has 0 amide bonds. The van der Waals surface area contributed by atoms with Gasteiger partial charge in [0.2, 0.25) is 0 Å². The summed E-state index contributed by atoms with van der Waals surface area (Å²) in [7, 11) is 0. The minimum atomic E-state index is 0.820. The molecule has 0 aliphatic heterocycles. The Morgan fingerprint density at radius 2 is 2.09 bits per heavy atom. The van der Waals surface area contributed by atoms with Crippen molar-refractivity contribution in [2.24, 2.45) is 0 Å². The van der Waals surface area contributed by atoms with Crippen molar-refractivity contribution in [3.8, 4) is 0 Å². The van der Waals surface area contributed by atoms with Crippen molar-refractivity contribution in [1.29, 1.82) is 0 Å². The largest absolute Gasteiger partial charge is 0.370 e. The molecular weight excluding hydrogens is 138 g/mol. The van der Waals surface area contributed by atoms with E-state index in [-0.39, 0.29) is 0 Å². The number of anilines is 1. The number of aromatic nitrogens is 2. The maximum absolute atomic E-state index is 4.20. The molecular formula is C8H13N3. The summed E-state index contributed by atoms with van der Waals surface area (Å²) in [6.07, 6.45) is 0. The van der Waals surface area contributed by atoms with Gasteiger partial charge in [0, 0.05) is 18.3 Å². The smallest absolute Gasteiger partial charge is 0.129 e. The predicted octanol–water partition coefficient (Wildman–Crippen LogP) is 1.53. The maximum Gasteiger partial charge on any atom is 0.129 e.